The Kier molecular flexibility index (Phi) is 3.89. The van der Waals surface area contributed by atoms with Crippen LogP contribution < -0.4 is 16.2 Å². The van der Waals surface area contributed by atoms with Crippen molar-refractivity contribution < 1.29 is 8.42 Å². The van der Waals surface area contributed by atoms with Crippen LogP contribution in [0.3, 0.4) is 0 Å². The molecule has 0 spiro atoms. The zero-order valence-electron chi connectivity index (χ0n) is 10.2. The number of hydrogen-bond donors (Lipinski definition) is 3. The molecule has 2 atom stereocenters. The van der Waals surface area contributed by atoms with Gasteiger partial charge in [0.15, 0.2) is 0 Å². The average molecular weight is 269 g/mol. The van der Waals surface area contributed by atoms with Crippen molar-refractivity contribution in [1.29, 1.82) is 0 Å². The number of benzene rings is 1. The lowest BCUT2D eigenvalue weighted by Gasteiger charge is -2.28. The van der Waals surface area contributed by atoms with Gasteiger partial charge in [0, 0.05) is 17.8 Å². The summed E-state index contributed by atoms with van der Waals surface area (Å²) in [5.41, 5.74) is 6.83. The molecule has 0 radical (unpaired) electrons. The number of rotatable bonds is 3. The van der Waals surface area contributed by atoms with Crippen LogP contribution in [-0.2, 0) is 10.0 Å². The van der Waals surface area contributed by atoms with E-state index in [-0.39, 0.29) is 10.9 Å². The minimum absolute atomic E-state index is 0.133. The first-order chi connectivity index (χ1) is 8.45. The van der Waals surface area contributed by atoms with E-state index in [0.29, 0.717) is 6.04 Å². The molecule has 1 aliphatic rings. The van der Waals surface area contributed by atoms with Gasteiger partial charge in [-0.25, -0.2) is 13.6 Å². The van der Waals surface area contributed by atoms with Crippen molar-refractivity contribution in [2.75, 3.05) is 5.32 Å². The summed E-state index contributed by atoms with van der Waals surface area (Å²) in [6.45, 7) is 0. The summed E-state index contributed by atoms with van der Waals surface area (Å²) in [7, 11) is -3.61. The van der Waals surface area contributed by atoms with Crippen molar-refractivity contribution in [2.24, 2.45) is 10.9 Å². The monoisotopic (exact) mass is 269 g/mol. The molecule has 0 amide bonds. The normalized spacial score (nSPS) is 24.8. The molecule has 18 heavy (non-hydrogen) atoms. The maximum atomic E-state index is 11.1. The fraction of sp³-hybridized carbons (Fsp3) is 0.500. The third-order valence-electron chi connectivity index (χ3n) is 3.27. The van der Waals surface area contributed by atoms with Gasteiger partial charge in [-0.1, -0.05) is 0 Å². The van der Waals surface area contributed by atoms with Crippen molar-refractivity contribution >= 4 is 15.7 Å². The van der Waals surface area contributed by atoms with E-state index in [9.17, 15) is 8.42 Å². The van der Waals surface area contributed by atoms with E-state index >= 15 is 0 Å². The third kappa shape index (κ3) is 3.44. The van der Waals surface area contributed by atoms with E-state index in [1.165, 1.54) is 12.1 Å². The fourth-order valence-corrected chi connectivity index (χ4v) is 2.85. The Bertz CT molecular complexity index is 499. The molecule has 0 saturated heterocycles. The lowest BCUT2D eigenvalue weighted by molar-refractivity contribution is 0.409. The Balaban J connectivity index is 2.02. The second-order valence-electron chi connectivity index (χ2n) is 4.84. The molecular weight excluding hydrogens is 250 g/mol. The number of sulfonamides is 1. The first kappa shape index (κ1) is 13.3. The highest BCUT2D eigenvalue weighted by Gasteiger charge is 2.18. The van der Waals surface area contributed by atoms with Crippen molar-refractivity contribution in [3.63, 3.8) is 0 Å². The lowest BCUT2D eigenvalue weighted by atomic mass is 9.91. The number of primary sulfonamides is 1. The van der Waals surface area contributed by atoms with Crippen molar-refractivity contribution in [3.05, 3.63) is 24.3 Å². The molecule has 5 nitrogen and oxygen atoms in total. The number of hydrogen-bond acceptors (Lipinski definition) is 4. The van der Waals surface area contributed by atoms with Gasteiger partial charge >= 0.3 is 0 Å². The second-order valence-corrected chi connectivity index (χ2v) is 6.40. The predicted molar refractivity (Wildman–Crippen MR) is 71.7 cm³/mol. The molecule has 2 rings (SSSR count). The Labute approximate surface area is 108 Å². The van der Waals surface area contributed by atoms with Crippen molar-refractivity contribution in [2.45, 2.75) is 42.7 Å². The molecule has 100 valence electrons. The van der Waals surface area contributed by atoms with Crippen LogP contribution in [0.5, 0.6) is 0 Å². The molecule has 1 aromatic carbocycles. The molecule has 0 aromatic heterocycles. The van der Waals surface area contributed by atoms with Gasteiger partial charge in [-0.3, -0.25) is 0 Å². The number of nitrogens with two attached hydrogens (primary N) is 2. The van der Waals surface area contributed by atoms with Gasteiger partial charge in [0.25, 0.3) is 0 Å². The van der Waals surface area contributed by atoms with Crippen LogP contribution in [-0.4, -0.2) is 20.5 Å². The summed E-state index contributed by atoms with van der Waals surface area (Å²) in [5, 5.41) is 8.42. The largest absolute Gasteiger partial charge is 0.382 e. The highest BCUT2D eigenvalue weighted by molar-refractivity contribution is 7.89. The summed E-state index contributed by atoms with van der Waals surface area (Å²) < 4.78 is 22.2. The molecule has 6 heteroatoms. The quantitative estimate of drug-likeness (QED) is 0.763. The molecule has 0 heterocycles. The van der Waals surface area contributed by atoms with Crippen molar-refractivity contribution in [3.8, 4) is 0 Å². The van der Waals surface area contributed by atoms with E-state index in [2.05, 4.69) is 5.32 Å². The molecule has 0 aliphatic heterocycles. The van der Waals surface area contributed by atoms with Gasteiger partial charge in [0.1, 0.15) is 0 Å². The van der Waals surface area contributed by atoms with Gasteiger partial charge < -0.3 is 11.1 Å². The first-order valence-electron chi connectivity index (χ1n) is 6.10. The third-order valence-corrected chi connectivity index (χ3v) is 4.20. The van der Waals surface area contributed by atoms with E-state index < -0.39 is 10.0 Å². The SMILES string of the molecule is NC1CCCC(Nc2ccc(S(N)(=O)=O)cc2)C1. The number of anilines is 1. The Morgan fingerprint density at radius 3 is 2.39 bits per heavy atom. The zero-order chi connectivity index (χ0) is 13.2. The summed E-state index contributed by atoms with van der Waals surface area (Å²) >= 11 is 0. The summed E-state index contributed by atoms with van der Waals surface area (Å²) in [6, 6.07) is 7.13. The Morgan fingerprint density at radius 1 is 1.17 bits per heavy atom. The number of nitrogens with one attached hydrogen (secondary N) is 1. The van der Waals surface area contributed by atoms with Gasteiger partial charge in [-0.2, -0.15) is 0 Å². The molecule has 1 fully saturated rings. The van der Waals surface area contributed by atoms with Gasteiger partial charge in [0.2, 0.25) is 10.0 Å². The smallest absolute Gasteiger partial charge is 0.238 e. The molecule has 1 aliphatic carbocycles. The van der Waals surface area contributed by atoms with Crippen molar-refractivity contribution in [1.82, 2.24) is 0 Å². The predicted octanol–water partition coefficient (Wildman–Crippen LogP) is 1.02. The van der Waals surface area contributed by atoms with E-state index in [1.54, 1.807) is 12.1 Å². The van der Waals surface area contributed by atoms with Crippen LogP contribution in [0.2, 0.25) is 0 Å². The molecule has 5 N–H and O–H groups in total. The molecule has 2 unspecified atom stereocenters. The summed E-state index contributed by atoms with van der Waals surface area (Å²) in [5.74, 6) is 0. The topological polar surface area (TPSA) is 98.2 Å². The van der Waals surface area contributed by atoms with Gasteiger partial charge in [-0.05, 0) is 49.9 Å². The lowest BCUT2D eigenvalue weighted by Crippen LogP contribution is -2.34. The highest BCUT2D eigenvalue weighted by Crippen LogP contribution is 2.21. The highest BCUT2D eigenvalue weighted by atomic mass is 32.2. The van der Waals surface area contributed by atoms with Crippen LogP contribution in [0.1, 0.15) is 25.7 Å². The van der Waals surface area contributed by atoms with Crippen LogP contribution in [0.15, 0.2) is 29.2 Å². The Morgan fingerprint density at radius 2 is 1.83 bits per heavy atom. The maximum absolute atomic E-state index is 11.1. The van der Waals surface area contributed by atoms with Crippen LogP contribution in [0.4, 0.5) is 5.69 Å². The van der Waals surface area contributed by atoms with E-state index in [0.717, 1.165) is 31.4 Å². The summed E-state index contributed by atoms with van der Waals surface area (Å²) in [4.78, 5) is 0.133. The van der Waals surface area contributed by atoms with Crippen LogP contribution in [0, 0.1) is 0 Å². The Hall–Kier alpha value is -1.11. The molecular formula is C12H19N3O2S. The minimum Gasteiger partial charge on any atom is -0.382 e. The maximum Gasteiger partial charge on any atom is 0.238 e. The standard InChI is InChI=1S/C12H19N3O2S/c13-9-2-1-3-11(8-9)15-10-4-6-12(7-5-10)18(14,16)17/h4-7,9,11,15H,1-3,8,13H2,(H2,14,16,17). The van der Waals surface area contributed by atoms with Crippen LogP contribution in [0.25, 0.3) is 0 Å². The summed E-state index contributed by atoms with van der Waals surface area (Å²) in [6.07, 6.45) is 4.28. The van der Waals surface area contributed by atoms with Crippen LogP contribution >= 0.6 is 0 Å². The minimum atomic E-state index is -3.61. The van der Waals surface area contributed by atoms with Gasteiger partial charge in [-0.15, -0.1) is 0 Å². The first-order valence-corrected chi connectivity index (χ1v) is 7.65. The average Bonchev–Trinajstić information content (AvgIpc) is 2.28. The molecule has 0 bridgehead atoms. The fourth-order valence-electron chi connectivity index (χ4n) is 2.34. The van der Waals surface area contributed by atoms with E-state index in [4.69, 9.17) is 10.9 Å². The van der Waals surface area contributed by atoms with E-state index in [1.807, 2.05) is 0 Å². The molecule has 1 saturated carbocycles. The van der Waals surface area contributed by atoms with Gasteiger partial charge in [0.05, 0.1) is 4.90 Å². The molecule has 1 aromatic rings. The second kappa shape index (κ2) is 5.26. The zero-order valence-corrected chi connectivity index (χ0v) is 11.0.